The van der Waals surface area contributed by atoms with Gasteiger partial charge in [-0.1, -0.05) is 29.8 Å². The summed E-state index contributed by atoms with van der Waals surface area (Å²) in [5.41, 5.74) is 1.84. The van der Waals surface area contributed by atoms with Crippen molar-refractivity contribution in [3.8, 4) is 0 Å². The van der Waals surface area contributed by atoms with Crippen LogP contribution in [-0.2, 0) is 4.79 Å². The van der Waals surface area contributed by atoms with E-state index in [9.17, 15) is 9.59 Å². The topological polar surface area (TPSA) is 34.1 Å². The van der Waals surface area contributed by atoms with Crippen molar-refractivity contribution < 1.29 is 9.59 Å². The van der Waals surface area contributed by atoms with Crippen LogP contribution in [0.3, 0.4) is 0 Å². The standard InChI is InChI=1S/C15H16O2/c1-9-2-4-10(5-3-9)14(16)13-11-6-7-12(8-11)15(13)17/h2-5,11-13H,6-8H2,1H3/t11-,12+,13+/m1/s1. The van der Waals surface area contributed by atoms with Crippen molar-refractivity contribution in [3.05, 3.63) is 35.4 Å². The highest BCUT2D eigenvalue weighted by Gasteiger charge is 2.49. The molecule has 1 aromatic rings. The lowest BCUT2D eigenvalue weighted by Gasteiger charge is -2.19. The highest BCUT2D eigenvalue weighted by Crippen LogP contribution is 2.46. The van der Waals surface area contributed by atoms with Gasteiger partial charge in [-0.2, -0.15) is 0 Å². The van der Waals surface area contributed by atoms with E-state index in [1.807, 2.05) is 31.2 Å². The second-order valence-corrected chi connectivity index (χ2v) is 5.38. The SMILES string of the molecule is Cc1ccc(C(=O)[C@H]2C(=O)[C@H]3CC[C@@H]2C3)cc1. The minimum Gasteiger partial charge on any atom is -0.299 e. The molecule has 2 heteroatoms. The van der Waals surface area contributed by atoms with Crippen LogP contribution in [0.25, 0.3) is 0 Å². The van der Waals surface area contributed by atoms with Gasteiger partial charge in [0.2, 0.25) is 0 Å². The maximum Gasteiger partial charge on any atom is 0.173 e. The molecule has 2 fully saturated rings. The Morgan fingerprint density at radius 1 is 1.18 bits per heavy atom. The van der Waals surface area contributed by atoms with Crippen molar-refractivity contribution in [2.24, 2.45) is 17.8 Å². The van der Waals surface area contributed by atoms with Crippen LogP contribution in [0.2, 0.25) is 0 Å². The number of aryl methyl sites for hydroxylation is 1. The zero-order valence-electron chi connectivity index (χ0n) is 9.98. The lowest BCUT2D eigenvalue weighted by molar-refractivity contribution is -0.124. The molecule has 88 valence electrons. The van der Waals surface area contributed by atoms with Crippen LogP contribution in [0.5, 0.6) is 0 Å². The number of fused-ring (bicyclic) bond motifs is 2. The number of rotatable bonds is 2. The second kappa shape index (κ2) is 3.80. The van der Waals surface area contributed by atoms with E-state index in [1.165, 1.54) is 0 Å². The molecule has 2 saturated carbocycles. The first-order valence-electron chi connectivity index (χ1n) is 6.31. The van der Waals surface area contributed by atoms with Crippen molar-refractivity contribution in [3.63, 3.8) is 0 Å². The van der Waals surface area contributed by atoms with E-state index in [0.29, 0.717) is 11.5 Å². The fourth-order valence-electron chi connectivity index (χ4n) is 3.30. The van der Waals surface area contributed by atoms with Gasteiger partial charge in [0.15, 0.2) is 5.78 Å². The molecule has 1 aromatic carbocycles. The molecule has 0 amide bonds. The lowest BCUT2D eigenvalue weighted by atomic mass is 9.82. The van der Waals surface area contributed by atoms with Crippen molar-refractivity contribution in [2.75, 3.05) is 0 Å². The highest BCUT2D eigenvalue weighted by molar-refractivity contribution is 6.12. The van der Waals surface area contributed by atoms with Gasteiger partial charge in [-0.3, -0.25) is 9.59 Å². The summed E-state index contributed by atoms with van der Waals surface area (Å²) in [5.74, 6) is 0.409. The molecule has 2 aliphatic rings. The number of Topliss-reactive ketones (excluding diaryl/α,β-unsaturated/α-hetero) is 2. The molecular formula is C15H16O2. The summed E-state index contributed by atoms with van der Waals surface area (Å²) >= 11 is 0. The van der Waals surface area contributed by atoms with E-state index in [0.717, 1.165) is 24.8 Å². The maximum absolute atomic E-state index is 12.3. The van der Waals surface area contributed by atoms with E-state index >= 15 is 0 Å². The Bertz CT molecular complexity index is 472. The van der Waals surface area contributed by atoms with Crippen molar-refractivity contribution in [1.82, 2.24) is 0 Å². The predicted octanol–water partition coefficient (Wildman–Crippen LogP) is 2.79. The van der Waals surface area contributed by atoms with E-state index in [1.54, 1.807) is 0 Å². The van der Waals surface area contributed by atoms with Gasteiger partial charge in [-0.15, -0.1) is 0 Å². The van der Waals surface area contributed by atoms with Gasteiger partial charge in [0.1, 0.15) is 5.78 Å². The molecule has 0 heterocycles. The Kier molecular flexibility index (Phi) is 2.39. The Morgan fingerprint density at radius 2 is 1.88 bits per heavy atom. The number of ketones is 2. The van der Waals surface area contributed by atoms with Gasteiger partial charge in [-0.05, 0) is 32.1 Å². The summed E-state index contributed by atoms with van der Waals surface area (Å²) in [5, 5.41) is 0. The van der Waals surface area contributed by atoms with Crippen LogP contribution >= 0.6 is 0 Å². The van der Waals surface area contributed by atoms with Crippen LogP contribution < -0.4 is 0 Å². The van der Waals surface area contributed by atoms with Gasteiger partial charge < -0.3 is 0 Å². The van der Waals surface area contributed by atoms with E-state index < -0.39 is 0 Å². The third kappa shape index (κ3) is 1.63. The van der Waals surface area contributed by atoms with Gasteiger partial charge in [0, 0.05) is 11.5 Å². The summed E-state index contributed by atoms with van der Waals surface area (Å²) in [7, 11) is 0. The number of benzene rings is 1. The first-order valence-corrected chi connectivity index (χ1v) is 6.31. The molecule has 2 nitrogen and oxygen atoms in total. The third-order valence-corrected chi connectivity index (χ3v) is 4.27. The van der Waals surface area contributed by atoms with Crippen LogP contribution in [0.1, 0.15) is 35.2 Å². The summed E-state index contributed by atoms with van der Waals surface area (Å²) in [6.45, 7) is 2.00. The zero-order chi connectivity index (χ0) is 12.0. The van der Waals surface area contributed by atoms with Crippen LogP contribution in [0.4, 0.5) is 0 Å². The number of carbonyl (C=O) groups excluding carboxylic acids is 2. The Morgan fingerprint density at radius 3 is 2.47 bits per heavy atom. The molecule has 0 aromatic heterocycles. The molecule has 2 aliphatic carbocycles. The smallest absolute Gasteiger partial charge is 0.173 e. The Balaban J connectivity index is 1.88. The second-order valence-electron chi connectivity index (χ2n) is 5.38. The van der Waals surface area contributed by atoms with Crippen molar-refractivity contribution in [1.29, 1.82) is 0 Å². The third-order valence-electron chi connectivity index (χ3n) is 4.27. The normalized spacial score (nSPS) is 30.9. The van der Waals surface area contributed by atoms with E-state index in [2.05, 4.69) is 0 Å². The minimum absolute atomic E-state index is 0.0437. The van der Waals surface area contributed by atoms with Crippen LogP contribution in [0, 0.1) is 24.7 Å². The van der Waals surface area contributed by atoms with E-state index in [4.69, 9.17) is 0 Å². The van der Waals surface area contributed by atoms with Crippen LogP contribution in [0.15, 0.2) is 24.3 Å². The van der Waals surface area contributed by atoms with Gasteiger partial charge >= 0.3 is 0 Å². The van der Waals surface area contributed by atoms with Crippen molar-refractivity contribution >= 4 is 11.6 Å². The average Bonchev–Trinajstić information content (AvgIpc) is 2.89. The molecule has 0 unspecified atom stereocenters. The monoisotopic (exact) mass is 228 g/mol. The summed E-state index contributed by atoms with van der Waals surface area (Å²) in [6.07, 6.45) is 3.00. The molecule has 0 N–H and O–H groups in total. The average molecular weight is 228 g/mol. The lowest BCUT2D eigenvalue weighted by Crippen LogP contribution is -2.29. The minimum atomic E-state index is -0.337. The quantitative estimate of drug-likeness (QED) is 0.576. The predicted molar refractivity (Wildman–Crippen MR) is 64.8 cm³/mol. The van der Waals surface area contributed by atoms with Crippen LogP contribution in [-0.4, -0.2) is 11.6 Å². The Hall–Kier alpha value is -1.44. The first-order chi connectivity index (χ1) is 8.16. The highest BCUT2D eigenvalue weighted by atomic mass is 16.2. The molecular weight excluding hydrogens is 212 g/mol. The summed E-state index contributed by atoms with van der Waals surface area (Å²) in [6, 6.07) is 7.56. The molecule has 17 heavy (non-hydrogen) atoms. The summed E-state index contributed by atoms with van der Waals surface area (Å²) < 4.78 is 0. The molecule has 0 radical (unpaired) electrons. The maximum atomic E-state index is 12.3. The number of hydrogen-bond acceptors (Lipinski definition) is 2. The first kappa shape index (κ1) is 10.7. The molecule has 2 bridgehead atoms. The van der Waals surface area contributed by atoms with Gasteiger partial charge in [-0.25, -0.2) is 0 Å². The fourth-order valence-corrected chi connectivity index (χ4v) is 3.30. The molecule has 3 atom stereocenters. The number of hydrogen-bond donors (Lipinski definition) is 0. The van der Waals surface area contributed by atoms with Gasteiger partial charge in [0.25, 0.3) is 0 Å². The van der Waals surface area contributed by atoms with Crippen molar-refractivity contribution in [2.45, 2.75) is 26.2 Å². The molecule has 3 rings (SSSR count). The molecule has 0 spiro atoms. The molecule has 0 saturated heterocycles. The zero-order valence-corrected chi connectivity index (χ0v) is 9.98. The molecule has 0 aliphatic heterocycles. The fraction of sp³-hybridized carbons (Fsp3) is 0.467. The Labute approximate surface area is 101 Å². The number of carbonyl (C=O) groups is 2. The van der Waals surface area contributed by atoms with E-state index in [-0.39, 0.29) is 23.4 Å². The largest absolute Gasteiger partial charge is 0.299 e. The van der Waals surface area contributed by atoms with Gasteiger partial charge in [0.05, 0.1) is 5.92 Å². The summed E-state index contributed by atoms with van der Waals surface area (Å²) in [4.78, 5) is 24.4.